The van der Waals surface area contributed by atoms with Crippen LogP contribution in [0.15, 0.2) is 41.3 Å². The zero-order valence-electron chi connectivity index (χ0n) is 25.1. The van der Waals surface area contributed by atoms with E-state index in [1.807, 2.05) is 11.9 Å². The second-order valence-electron chi connectivity index (χ2n) is 13.1. The first-order valence-electron chi connectivity index (χ1n) is 15.9. The van der Waals surface area contributed by atoms with Crippen molar-refractivity contribution < 1.29 is 18.0 Å². The molecule has 234 valence electrons. The second-order valence-corrected chi connectivity index (χ2v) is 13.1. The number of pyridine rings is 1. The van der Waals surface area contributed by atoms with Crippen LogP contribution in [0.1, 0.15) is 80.1 Å². The molecule has 2 aliphatic heterocycles. The van der Waals surface area contributed by atoms with Crippen LogP contribution in [0.3, 0.4) is 0 Å². The average Bonchev–Trinajstić information content (AvgIpc) is 3.78. The maximum absolute atomic E-state index is 15.0. The number of carbonyl (C=O) groups is 1. The third-order valence-electron chi connectivity index (χ3n) is 10.4. The largest absolute Gasteiger partial charge is 0.321 e. The molecule has 3 aromatic rings. The molecule has 1 unspecified atom stereocenters. The standard InChI is InChI=1S/C33H39F3N6O2/c1-37-24-10-13-41(28(17-24)25-16-22(34)6-8-27(25)36)32(44)39-14-15-40(33(20-39)11-2-3-12-33)19-26-30(21-4-5-21)38-29-9-7-23(35)18-42(29)31(26)43/h6-9,16,18,21,24,28,37H,2-5,10-15,17,19-20H2,1H3/t24?,28-/m0/s1. The Bertz CT molecular complexity index is 1640. The number of carbonyl (C=O) groups excluding carboxylic acids is 1. The number of nitrogens with zero attached hydrogens (tertiary/aromatic N) is 5. The van der Waals surface area contributed by atoms with E-state index in [2.05, 4.69) is 10.2 Å². The quantitative estimate of drug-likeness (QED) is 0.443. The lowest BCUT2D eigenvalue weighted by molar-refractivity contribution is -0.00262. The summed E-state index contributed by atoms with van der Waals surface area (Å²) in [5.74, 6) is -1.27. The van der Waals surface area contributed by atoms with E-state index in [-0.39, 0.29) is 34.7 Å². The summed E-state index contributed by atoms with van der Waals surface area (Å²) in [5, 5.41) is 3.25. The van der Waals surface area contributed by atoms with Gasteiger partial charge in [-0.2, -0.15) is 0 Å². The van der Waals surface area contributed by atoms with E-state index in [0.717, 1.165) is 62.8 Å². The topological polar surface area (TPSA) is 73.2 Å². The molecule has 4 aliphatic rings. The number of benzene rings is 1. The summed E-state index contributed by atoms with van der Waals surface area (Å²) >= 11 is 0. The lowest BCUT2D eigenvalue weighted by Gasteiger charge is -2.51. The van der Waals surface area contributed by atoms with Crippen LogP contribution in [0.4, 0.5) is 18.0 Å². The molecule has 0 radical (unpaired) electrons. The van der Waals surface area contributed by atoms with E-state index in [0.29, 0.717) is 50.4 Å². The van der Waals surface area contributed by atoms with Crippen molar-refractivity contribution in [2.75, 3.05) is 33.2 Å². The molecule has 7 rings (SSSR count). The fraction of sp³-hybridized carbons (Fsp3) is 0.545. The maximum Gasteiger partial charge on any atom is 0.320 e. The number of halogens is 3. The molecule has 2 saturated carbocycles. The minimum Gasteiger partial charge on any atom is -0.321 e. The molecule has 2 atom stereocenters. The van der Waals surface area contributed by atoms with Gasteiger partial charge in [0, 0.05) is 62.0 Å². The minimum atomic E-state index is -0.577. The van der Waals surface area contributed by atoms with Crippen molar-refractivity contribution in [2.45, 2.75) is 81.5 Å². The van der Waals surface area contributed by atoms with Gasteiger partial charge in [-0.05, 0) is 75.9 Å². The van der Waals surface area contributed by atoms with Gasteiger partial charge in [-0.25, -0.2) is 22.9 Å². The van der Waals surface area contributed by atoms with Crippen LogP contribution in [0.25, 0.3) is 5.65 Å². The molecule has 4 heterocycles. The number of nitrogens with one attached hydrogen (secondary N) is 1. The first kappa shape index (κ1) is 29.3. The molecular weight excluding hydrogens is 569 g/mol. The molecule has 0 bridgehead atoms. The van der Waals surface area contributed by atoms with Gasteiger partial charge >= 0.3 is 6.03 Å². The Morgan fingerprint density at radius 3 is 2.55 bits per heavy atom. The van der Waals surface area contributed by atoms with Gasteiger partial charge in [0.2, 0.25) is 0 Å². The minimum absolute atomic E-state index is 0.0913. The van der Waals surface area contributed by atoms with E-state index in [1.165, 1.54) is 22.7 Å². The van der Waals surface area contributed by atoms with Crippen LogP contribution in [0.5, 0.6) is 0 Å². The van der Waals surface area contributed by atoms with Crippen molar-refractivity contribution >= 4 is 11.7 Å². The monoisotopic (exact) mass is 608 g/mol. The van der Waals surface area contributed by atoms with E-state index in [4.69, 9.17) is 4.98 Å². The van der Waals surface area contributed by atoms with Gasteiger partial charge in [-0.3, -0.25) is 14.1 Å². The molecule has 2 saturated heterocycles. The summed E-state index contributed by atoms with van der Waals surface area (Å²) in [6.07, 6.45) is 8.26. The number of amides is 2. The molecule has 1 N–H and O–H groups in total. The van der Waals surface area contributed by atoms with Crippen molar-refractivity contribution in [2.24, 2.45) is 0 Å². The number of rotatable bonds is 5. The summed E-state index contributed by atoms with van der Waals surface area (Å²) in [6.45, 7) is 2.39. The first-order chi connectivity index (χ1) is 21.3. The lowest BCUT2D eigenvalue weighted by Crippen LogP contribution is -2.64. The summed E-state index contributed by atoms with van der Waals surface area (Å²) < 4.78 is 44.7. The van der Waals surface area contributed by atoms with Crippen LogP contribution < -0.4 is 10.9 Å². The zero-order chi connectivity index (χ0) is 30.6. The number of fused-ring (bicyclic) bond motifs is 1. The van der Waals surface area contributed by atoms with E-state index < -0.39 is 23.5 Å². The molecule has 11 heteroatoms. The molecule has 2 aromatic heterocycles. The SMILES string of the molecule is CNC1CCN(C(=O)N2CCN(Cc3c(C4CC4)nc4ccc(F)cn4c3=O)C3(CCCC3)C2)[C@H](c2cc(F)ccc2F)C1. The summed E-state index contributed by atoms with van der Waals surface area (Å²) in [6, 6.07) is 5.70. The number of aromatic nitrogens is 2. The van der Waals surface area contributed by atoms with Crippen molar-refractivity contribution in [3.8, 4) is 0 Å². The van der Waals surface area contributed by atoms with E-state index in [1.54, 1.807) is 11.0 Å². The molecule has 44 heavy (non-hydrogen) atoms. The number of hydrogen-bond donors (Lipinski definition) is 1. The Morgan fingerprint density at radius 2 is 1.80 bits per heavy atom. The Balaban J connectivity index is 1.17. The molecule has 1 spiro atoms. The normalized spacial score (nSPS) is 24.0. The van der Waals surface area contributed by atoms with Gasteiger partial charge in [0.05, 0.1) is 17.3 Å². The van der Waals surface area contributed by atoms with Crippen LogP contribution in [0.2, 0.25) is 0 Å². The number of urea groups is 1. The Kier molecular flexibility index (Phi) is 7.64. The number of likely N-dealkylation sites (tertiary alicyclic amines) is 1. The van der Waals surface area contributed by atoms with Crippen molar-refractivity contribution in [1.82, 2.24) is 29.4 Å². The highest BCUT2D eigenvalue weighted by molar-refractivity contribution is 5.75. The van der Waals surface area contributed by atoms with Crippen LogP contribution in [0, 0.1) is 17.5 Å². The fourth-order valence-electron chi connectivity index (χ4n) is 7.83. The third kappa shape index (κ3) is 5.27. The smallest absolute Gasteiger partial charge is 0.320 e. The second kappa shape index (κ2) is 11.5. The molecule has 8 nitrogen and oxygen atoms in total. The van der Waals surface area contributed by atoms with Gasteiger partial charge < -0.3 is 15.1 Å². The lowest BCUT2D eigenvalue weighted by atomic mass is 9.89. The van der Waals surface area contributed by atoms with Crippen molar-refractivity contribution in [3.63, 3.8) is 0 Å². The van der Waals surface area contributed by atoms with E-state index >= 15 is 4.39 Å². The molecule has 2 amide bonds. The Hall–Kier alpha value is -3.44. The van der Waals surface area contributed by atoms with E-state index in [9.17, 15) is 18.4 Å². The van der Waals surface area contributed by atoms with Gasteiger partial charge in [0.1, 0.15) is 23.1 Å². The van der Waals surface area contributed by atoms with Crippen LogP contribution in [-0.4, -0.2) is 74.9 Å². The summed E-state index contributed by atoms with van der Waals surface area (Å²) in [5.41, 5.74) is 1.58. The molecular formula is C33H39F3N6O2. The molecule has 4 fully saturated rings. The summed E-state index contributed by atoms with van der Waals surface area (Å²) in [4.78, 5) is 38.8. The average molecular weight is 609 g/mol. The first-order valence-corrected chi connectivity index (χ1v) is 15.9. The Morgan fingerprint density at radius 1 is 1.02 bits per heavy atom. The highest BCUT2D eigenvalue weighted by Crippen LogP contribution is 2.43. The predicted octanol–water partition coefficient (Wildman–Crippen LogP) is 4.96. The number of hydrogen-bond acceptors (Lipinski definition) is 5. The van der Waals surface area contributed by atoms with Gasteiger partial charge in [0.25, 0.3) is 5.56 Å². The highest BCUT2D eigenvalue weighted by Gasteiger charge is 2.47. The zero-order valence-corrected chi connectivity index (χ0v) is 25.1. The van der Waals surface area contributed by atoms with Crippen LogP contribution in [-0.2, 0) is 6.54 Å². The third-order valence-corrected chi connectivity index (χ3v) is 10.4. The highest BCUT2D eigenvalue weighted by atomic mass is 19.1. The molecule has 2 aliphatic carbocycles. The number of piperidine rings is 1. The van der Waals surface area contributed by atoms with Gasteiger partial charge in [-0.15, -0.1) is 0 Å². The van der Waals surface area contributed by atoms with Crippen molar-refractivity contribution in [3.05, 3.63) is 81.2 Å². The van der Waals surface area contributed by atoms with Crippen molar-refractivity contribution in [1.29, 1.82) is 0 Å². The van der Waals surface area contributed by atoms with Gasteiger partial charge in [-0.1, -0.05) is 12.8 Å². The Labute approximate surface area is 254 Å². The van der Waals surface area contributed by atoms with Gasteiger partial charge in [0.15, 0.2) is 0 Å². The molecule has 1 aromatic carbocycles. The predicted molar refractivity (Wildman–Crippen MR) is 160 cm³/mol. The number of piperazine rings is 1. The summed E-state index contributed by atoms with van der Waals surface area (Å²) in [7, 11) is 1.85. The van der Waals surface area contributed by atoms with Crippen LogP contribution >= 0.6 is 0 Å². The maximum atomic E-state index is 15.0. The fourth-order valence-corrected chi connectivity index (χ4v) is 7.83.